The van der Waals surface area contributed by atoms with E-state index in [1.165, 1.54) is 0 Å². The maximum absolute atomic E-state index is 13.3. The van der Waals surface area contributed by atoms with Crippen LogP contribution in [0.4, 0.5) is 22.9 Å². The SMILES string of the molecule is CC(C)(C)c1ccc(NC(=O)c2cccnc2Nc2ccc3cn[nH]c3c2)cc1NC(=O)CN1CCCC1. The van der Waals surface area contributed by atoms with Crippen molar-refractivity contribution in [2.24, 2.45) is 0 Å². The molecule has 3 heterocycles. The summed E-state index contributed by atoms with van der Waals surface area (Å²) in [5, 5.41) is 17.3. The van der Waals surface area contributed by atoms with E-state index in [0.29, 0.717) is 29.3 Å². The third kappa shape index (κ3) is 5.84. The number of carbonyl (C=O) groups is 2. The van der Waals surface area contributed by atoms with Gasteiger partial charge in [-0.05, 0) is 79.4 Å². The average Bonchev–Trinajstić information content (AvgIpc) is 3.55. The number of aromatic amines is 1. The highest BCUT2D eigenvalue weighted by Gasteiger charge is 2.22. The molecule has 0 aliphatic carbocycles. The Balaban J connectivity index is 1.35. The number of aromatic nitrogens is 3. The molecular formula is C29H33N7O2. The average molecular weight is 512 g/mol. The number of nitrogens with zero attached hydrogens (tertiary/aromatic N) is 3. The maximum atomic E-state index is 13.3. The van der Waals surface area contributed by atoms with Crippen LogP contribution in [0.25, 0.3) is 10.9 Å². The number of nitrogens with one attached hydrogen (secondary N) is 4. The Morgan fingerprint density at radius 1 is 1.00 bits per heavy atom. The first-order valence-electron chi connectivity index (χ1n) is 12.9. The molecule has 2 amide bonds. The number of benzene rings is 2. The predicted molar refractivity (Wildman–Crippen MR) is 151 cm³/mol. The summed E-state index contributed by atoms with van der Waals surface area (Å²) in [6.07, 6.45) is 5.66. The fraction of sp³-hybridized carbons (Fsp3) is 0.310. The Morgan fingerprint density at radius 3 is 2.58 bits per heavy atom. The molecule has 196 valence electrons. The lowest BCUT2D eigenvalue weighted by Crippen LogP contribution is -2.31. The van der Waals surface area contributed by atoms with Gasteiger partial charge < -0.3 is 16.0 Å². The van der Waals surface area contributed by atoms with Crippen molar-refractivity contribution in [1.29, 1.82) is 0 Å². The van der Waals surface area contributed by atoms with Gasteiger partial charge in [0.15, 0.2) is 0 Å². The lowest BCUT2D eigenvalue weighted by molar-refractivity contribution is -0.117. The fourth-order valence-corrected chi connectivity index (χ4v) is 4.75. The van der Waals surface area contributed by atoms with E-state index in [-0.39, 0.29) is 17.2 Å². The monoisotopic (exact) mass is 511 g/mol. The van der Waals surface area contributed by atoms with Gasteiger partial charge in [0.1, 0.15) is 5.82 Å². The first-order valence-corrected chi connectivity index (χ1v) is 12.9. The van der Waals surface area contributed by atoms with E-state index in [1.807, 2.05) is 36.4 Å². The lowest BCUT2D eigenvalue weighted by atomic mass is 9.85. The molecule has 1 saturated heterocycles. The second-order valence-electron chi connectivity index (χ2n) is 10.7. The van der Waals surface area contributed by atoms with E-state index in [0.717, 1.165) is 48.1 Å². The summed E-state index contributed by atoms with van der Waals surface area (Å²) < 4.78 is 0. The van der Waals surface area contributed by atoms with Crippen LogP contribution in [-0.2, 0) is 10.2 Å². The van der Waals surface area contributed by atoms with E-state index in [1.54, 1.807) is 24.5 Å². The van der Waals surface area contributed by atoms with Crippen LogP contribution in [0.3, 0.4) is 0 Å². The van der Waals surface area contributed by atoms with Crippen molar-refractivity contribution < 1.29 is 9.59 Å². The summed E-state index contributed by atoms with van der Waals surface area (Å²) in [5.41, 5.74) is 4.18. The van der Waals surface area contributed by atoms with Crippen LogP contribution in [0, 0.1) is 0 Å². The number of rotatable bonds is 7. The number of hydrogen-bond donors (Lipinski definition) is 4. The van der Waals surface area contributed by atoms with Gasteiger partial charge in [-0.15, -0.1) is 0 Å². The van der Waals surface area contributed by atoms with Crippen LogP contribution in [-0.4, -0.2) is 51.5 Å². The second-order valence-corrected chi connectivity index (χ2v) is 10.7. The molecule has 2 aromatic carbocycles. The Hall–Kier alpha value is -4.24. The molecule has 1 aliphatic heterocycles. The number of H-pyrrole nitrogens is 1. The van der Waals surface area contributed by atoms with Crippen LogP contribution in [0.5, 0.6) is 0 Å². The van der Waals surface area contributed by atoms with Crippen molar-refractivity contribution in [3.05, 3.63) is 72.1 Å². The molecular weight excluding hydrogens is 478 g/mol. The molecule has 2 aromatic heterocycles. The van der Waals surface area contributed by atoms with E-state index >= 15 is 0 Å². The van der Waals surface area contributed by atoms with Crippen molar-refractivity contribution in [2.45, 2.75) is 39.0 Å². The number of likely N-dealkylation sites (tertiary alicyclic amines) is 1. The van der Waals surface area contributed by atoms with Crippen molar-refractivity contribution >= 4 is 45.6 Å². The summed E-state index contributed by atoms with van der Waals surface area (Å²) in [6, 6.07) is 14.9. The molecule has 0 unspecified atom stereocenters. The zero-order chi connectivity index (χ0) is 26.7. The summed E-state index contributed by atoms with van der Waals surface area (Å²) in [5.74, 6) is 0.0873. The minimum Gasteiger partial charge on any atom is -0.340 e. The highest BCUT2D eigenvalue weighted by atomic mass is 16.2. The third-order valence-corrected chi connectivity index (χ3v) is 6.68. The van der Waals surface area contributed by atoms with Crippen molar-refractivity contribution in [3.63, 3.8) is 0 Å². The van der Waals surface area contributed by atoms with Gasteiger partial charge in [-0.1, -0.05) is 26.8 Å². The summed E-state index contributed by atoms with van der Waals surface area (Å²) in [6.45, 7) is 8.58. The molecule has 0 saturated carbocycles. The molecule has 0 radical (unpaired) electrons. The number of hydrogen-bond acceptors (Lipinski definition) is 6. The second kappa shape index (κ2) is 10.6. The maximum Gasteiger partial charge on any atom is 0.259 e. The van der Waals surface area contributed by atoms with Gasteiger partial charge in [0.05, 0.1) is 23.8 Å². The van der Waals surface area contributed by atoms with Crippen molar-refractivity contribution in [2.75, 3.05) is 35.6 Å². The molecule has 5 rings (SSSR count). The highest BCUT2D eigenvalue weighted by molar-refractivity contribution is 6.08. The van der Waals surface area contributed by atoms with Gasteiger partial charge >= 0.3 is 0 Å². The van der Waals surface area contributed by atoms with E-state index in [4.69, 9.17) is 0 Å². The minimum atomic E-state index is -0.305. The first-order chi connectivity index (χ1) is 18.3. The molecule has 0 spiro atoms. The molecule has 9 heteroatoms. The normalized spacial score (nSPS) is 14.0. The predicted octanol–water partition coefficient (Wildman–Crippen LogP) is 5.29. The zero-order valence-electron chi connectivity index (χ0n) is 22.0. The van der Waals surface area contributed by atoms with E-state index in [2.05, 4.69) is 56.8 Å². The fourth-order valence-electron chi connectivity index (χ4n) is 4.75. The third-order valence-electron chi connectivity index (χ3n) is 6.68. The van der Waals surface area contributed by atoms with Gasteiger partial charge in [-0.25, -0.2) is 4.98 Å². The van der Waals surface area contributed by atoms with Crippen LogP contribution in [0.15, 0.2) is 60.9 Å². The van der Waals surface area contributed by atoms with Crippen LogP contribution in [0.1, 0.15) is 49.5 Å². The Bertz CT molecular complexity index is 1470. The molecule has 1 fully saturated rings. The minimum absolute atomic E-state index is 0.0474. The number of carbonyl (C=O) groups excluding carboxylic acids is 2. The van der Waals surface area contributed by atoms with Crippen LogP contribution in [0.2, 0.25) is 0 Å². The zero-order valence-corrected chi connectivity index (χ0v) is 22.0. The summed E-state index contributed by atoms with van der Waals surface area (Å²) in [4.78, 5) is 32.7. The Morgan fingerprint density at radius 2 is 1.79 bits per heavy atom. The quantitative estimate of drug-likeness (QED) is 0.268. The largest absolute Gasteiger partial charge is 0.340 e. The van der Waals surface area contributed by atoms with Crippen molar-refractivity contribution in [3.8, 4) is 0 Å². The van der Waals surface area contributed by atoms with Crippen LogP contribution < -0.4 is 16.0 Å². The number of fused-ring (bicyclic) bond motifs is 1. The van der Waals surface area contributed by atoms with E-state index in [9.17, 15) is 9.59 Å². The number of anilines is 4. The van der Waals surface area contributed by atoms with Crippen LogP contribution >= 0.6 is 0 Å². The highest BCUT2D eigenvalue weighted by Crippen LogP contribution is 2.32. The molecule has 1 aliphatic rings. The molecule has 9 nitrogen and oxygen atoms in total. The van der Waals surface area contributed by atoms with Gasteiger partial charge in [-0.3, -0.25) is 19.6 Å². The van der Waals surface area contributed by atoms with Gasteiger partial charge in [0, 0.05) is 28.6 Å². The molecule has 4 N–H and O–H groups in total. The summed E-state index contributed by atoms with van der Waals surface area (Å²) in [7, 11) is 0. The Labute approximate surface area is 222 Å². The van der Waals surface area contributed by atoms with E-state index < -0.39 is 0 Å². The number of amides is 2. The first kappa shape index (κ1) is 25.4. The van der Waals surface area contributed by atoms with Crippen molar-refractivity contribution in [1.82, 2.24) is 20.1 Å². The molecule has 38 heavy (non-hydrogen) atoms. The lowest BCUT2D eigenvalue weighted by Gasteiger charge is -2.24. The smallest absolute Gasteiger partial charge is 0.259 e. The molecule has 0 atom stereocenters. The standard InChI is InChI=1S/C29H33N7O2/c1-29(2,3)23-11-10-21(16-25(23)34-26(37)18-36-13-4-5-14-36)33-28(38)22-7-6-12-30-27(22)32-20-9-8-19-17-31-35-24(19)15-20/h6-12,15-17H,4-5,13-14,18H2,1-3H3,(H,30,32)(H,31,35)(H,33,38)(H,34,37). The Kier molecular flexibility index (Phi) is 7.11. The van der Waals surface area contributed by atoms with Gasteiger partial charge in [0.2, 0.25) is 5.91 Å². The summed E-state index contributed by atoms with van der Waals surface area (Å²) >= 11 is 0. The molecule has 4 aromatic rings. The number of pyridine rings is 1. The van der Waals surface area contributed by atoms with Gasteiger partial charge in [-0.2, -0.15) is 5.10 Å². The molecule has 0 bridgehead atoms. The van der Waals surface area contributed by atoms with Gasteiger partial charge in [0.25, 0.3) is 5.91 Å². The topological polar surface area (TPSA) is 115 Å².